The van der Waals surface area contributed by atoms with Gasteiger partial charge in [-0.2, -0.15) is 26.3 Å². The summed E-state index contributed by atoms with van der Waals surface area (Å²) >= 11 is 2.20. The molecule has 8 atom stereocenters. The smallest absolute Gasteiger partial charge is 0.352 e. The van der Waals surface area contributed by atoms with Crippen molar-refractivity contribution < 1.29 is 35.9 Å². The van der Waals surface area contributed by atoms with Gasteiger partial charge in [-0.15, -0.1) is 0 Å². The Balaban J connectivity index is 1.39. The number of benzene rings is 1. The molecule has 2 N–H and O–H groups in total. The van der Waals surface area contributed by atoms with Crippen LogP contribution in [0.2, 0.25) is 0 Å². The molecule has 0 spiro atoms. The predicted molar refractivity (Wildman–Crippen MR) is 137 cm³/mol. The van der Waals surface area contributed by atoms with E-state index in [1.54, 1.807) is 0 Å². The van der Waals surface area contributed by atoms with Crippen molar-refractivity contribution in [3.8, 4) is 0 Å². The summed E-state index contributed by atoms with van der Waals surface area (Å²) in [6.45, 7) is 4.29. The summed E-state index contributed by atoms with van der Waals surface area (Å²) in [5, 5.41) is 5.47. The zero-order valence-electron chi connectivity index (χ0n) is 21.1. The van der Waals surface area contributed by atoms with E-state index in [1.165, 1.54) is 0 Å². The highest BCUT2D eigenvalue weighted by Gasteiger charge is 2.62. The number of carbonyl (C=O) groups excluding carboxylic acids is 2. The third kappa shape index (κ3) is 4.52. The molecule has 0 bridgehead atoms. The molecule has 1 heterocycles. The fourth-order valence-electron chi connectivity index (χ4n) is 8.45. The molecule has 38 heavy (non-hydrogen) atoms. The fourth-order valence-corrected chi connectivity index (χ4v) is 9.58. The van der Waals surface area contributed by atoms with Crippen LogP contribution in [0.15, 0.2) is 18.2 Å². The Morgan fingerprint density at radius 3 is 2.32 bits per heavy atom. The van der Waals surface area contributed by atoms with Gasteiger partial charge in [0.25, 0.3) is 0 Å². The molecule has 1 saturated heterocycles. The van der Waals surface area contributed by atoms with Gasteiger partial charge in [-0.1, -0.05) is 36.4 Å². The molecule has 0 aromatic heterocycles. The average Bonchev–Trinajstić information content (AvgIpc) is 3.16. The lowest BCUT2D eigenvalue weighted by atomic mass is 9.47. The van der Waals surface area contributed by atoms with Crippen LogP contribution >= 0.6 is 22.6 Å². The standard InChI is InChI=1S/C27H31F6IN2O2/c1-24-10-9-16-14(4-8-21-25(16,2)12-19(34)23(38)36-21)15(24)6-7-18(24)22(37)35-20-11-13(26(28,29)30)3-5-17(20)27(31,32)33/h3,5,11,14-16,18-19,21H,4,6-10,12H2,1-2H3,(H,35,37)(H,36,38)/t14-,15-,16+,18?,19?,21?,24-,25+/m0/s1. The van der Waals surface area contributed by atoms with Gasteiger partial charge in [0, 0.05) is 12.0 Å². The minimum absolute atomic E-state index is 0.0516. The molecule has 1 aromatic rings. The van der Waals surface area contributed by atoms with Crippen molar-refractivity contribution in [3.63, 3.8) is 0 Å². The number of hydrogen-bond acceptors (Lipinski definition) is 2. The first-order valence-corrected chi connectivity index (χ1v) is 14.3. The van der Waals surface area contributed by atoms with Gasteiger partial charge in [0.1, 0.15) is 0 Å². The summed E-state index contributed by atoms with van der Waals surface area (Å²) in [7, 11) is 0. The van der Waals surface area contributed by atoms with Crippen molar-refractivity contribution in [2.45, 2.75) is 81.1 Å². The second kappa shape index (κ2) is 9.26. The highest BCUT2D eigenvalue weighted by molar-refractivity contribution is 14.1. The molecule has 4 fully saturated rings. The average molecular weight is 656 g/mol. The van der Waals surface area contributed by atoms with Gasteiger partial charge < -0.3 is 10.6 Å². The molecule has 1 aromatic carbocycles. The molecule has 1 aliphatic heterocycles. The van der Waals surface area contributed by atoms with E-state index in [0.29, 0.717) is 42.9 Å². The van der Waals surface area contributed by atoms with Crippen LogP contribution in [0.5, 0.6) is 0 Å². The fraction of sp³-hybridized carbons (Fsp3) is 0.704. The van der Waals surface area contributed by atoms with E-state index < -0.39 is 46.4 Å². The molecule has 210 valence electrons. The molecular weight excluding hydrogens is 625 g/mol. The number of amides is 2. The van der Waals surface area contributed by atoms with Gasteiger partial charge in [0.05, 0.1) is 20.7 Å². The number of fused-ring (bicyclic) bond motifs is 5. The van der Waals surface area contributed by atoms with E-state index in [1.807, 2.05) is 6.92 Å². The van der Waals surface area contributed by atoms with E-state index in [9.17, 15) is 35.9 Å². The Kier molecular flexibility index (Phi) is 6.83. The number of piperidine rings is 1. The molecular formula is C27H31F6IN2O2. The van der Waals surface area contributed by atoms with E-state index in [2.05, 4.69) is 40.1 Å². The Morgan fingerprint density at radius 2 is 1.66 bits per heavy atom. The highest BCUT2D eigenvalue weighted by Crippen LogP contribution is 2.66. The zero-order valence-corrected chi connectivity index (χ0v) is 23.3. The van der Waals surface area contributed by atoms with Gasteiger partial charge in [-0.05, 0) is 91.7 Å². The normalized spacial score (nSPS) is 39.0. The van der Waals surface area contributed by atoms with Gasteiger partial charge in [-0.3, -0.25) is 9.59 Å². The number of hydrogen-bond donors (Lipinski definition) is 2. The molecule has 3 saturated carbocycles. The number of rotatable bonds is 2. The van der Waals surface area contributed by atoms with Crippen LogP contribution < -0.4 is 10.6 Å². The Morgan fingerprint density at radius 1 is 0.974 bits per heavy atom. The molecule has 4 aliphatic rings. The van der Waals surface area contributed by atoms with Crippen LogP contribution in [0.25, 0.3) is 0 Å². The number of anilines is 1. The van der Waals surface area contributed by atoms with Crippen molar-refractivity contribution in [1.82, 2.24) is 5.32 Å². The maximum Gasteiger partial charge on any atom is 0.418 e. The lowest BCUT2D eigenvalue weighted by Crippen LogP contribution is -2.63. The van der Waals surface area contributed by atoms with Crippen molar-refractivity contribution in [2.24, 2.45) is 34.5 Å². The summed E-state index contributed by atoms with van der Waals surface area (Å²) in [5.41, 5.74) is -3.88. The maximum absolute atomic E-state index is 13.6. The third-order valence-corrected chi connectivity index (χ3v) is 11.3. The predicted octanol–water partition coefficient (Wildman–Crippen LogP) is 7.21. The largest absolute Gasteiger partial charge is 0.418 e. The Hall–Kier alpha value is -1.53. The summed E-state index contributed by atoms with van der Waals surface area (Å²) < 4.78 is 80.5. The SMILES string of the molecule is C[C@]12CC(I)C(=O)NC1CC[C@@H]1[C@H]2CC[C@]2(C)C(C(=O)Nc3cc(C(F)(F)F)ccc3C(F)(F)F)CC[C@@H]12. The Bertz CT molecular complexity index is 1140. The van der Waals surface area contributed by atoms with Crippen molar-refractivity contribution in [3.05, 3.63) is 29.3 Å². The summed E-state index contributed by atoms with van der Waals surface area (Å²) in [6, 6.07) is 1.27. The van der Waals surface area contributed by atoms with Crippen LogP contribution in [0.1, 0.15) is 69.9 Å². The first-order valence-electron chi connectivity index (χ1n) is 13.1. The number of nitrogens with one attached hydrogen (secondary N) is 2. The van der Waals surface area contributed by atoms with E-state index in [-0.39, 0.29) is 27.2 Å². The van der Waals surface area contributed by atoms with E-state index in [0.717, 1.165) is 32.1 Å². The monoisotopic (exact) mass is 656 g/mol. The zero-order chi connectivity index (χ0) is 27.8. The maximum atomic E-state index is 13.6. The van der Waals surface area contributed by atoms with Gasteiger partial charge in [0.15, 0.2) is 0 Å². The second-order valence-corrected chi connectivity index (χ2v) is 13.6. The topological polar surface area (TPSA) is 58.2 Å². The summed E-state index contributed by atoms with van der Waals surface area (Å²) in [4.78, 5) is 25.8. The third-order valence-electron chi connectivity index (χ3n) is 10.3. The lowest BCUT2D eigenvalue weighted by molar-refractivity contribution is -0.141. The van der Waals surface area contributed by atoms with Crippen LogP contribution in [0.3, 0.4) is 0 Å². The highest BCUT2D eigenvalue weighted by atomic mass is 127. The lowest BCUT2D eigenvalue weighted by Gasteiger charge is -2.60. The van der Waals surface area contributed by atoms with E-state index >= 15 is 0 Å². The first-order chi connectivity index (χ1) is 17.6. The minimum atomic E-state index is -4.91. The molecule has 4 nitrogen and oxygen atoms in total. The number of carbonyl (C=O) groups is 2. The first kappa shape index (κ1) is 28.0. The van der Waals surface area contributed by atoms with Crippen molar-refractivity contribution >= 4 is 40.1 Å². The molecule has 3 unspecified atom stereocenters. The van der Waals surface area contributed by atoms with Crippen LogP contribution in [-0.4, -0.2) is 21.8 Å². The molecule has 5 rings (SSSR count). The quantitative estimate of drug-likeness (QED) is 0.201. The van der Waals surface area contributed by atoms with Crippen molar-refractivity contribution in [2.75, 3.05) is 5.32 Å². The molecule has 2 amide bonds. The summed E-state index contributed by atoms with van der Waals surface area (Å²) in [6.07, 6.45) is -4.36. The number of alkyl halides is 7. The van der Waals surface area contributed by atoms with Crippen LogP contribution in [0.4, 0.5) is 32.0 Å². The minimum Gasteiger partial charge on any atom is -0.352 e. The van der Waals surface area contributed by atoms with Gasteiger partial charge in [0.2, 0.25) is 11.8 Å². The van der Waals surface area contributed by atoms with Gasteiger partial charge >= 0.3 is 12.4 Å². The van der Waals surface area contributed by atoms with E-state index in [4.69, 9.17) is 0 Å². The van der Waals surface area contributed by atoms with Gasteiger partial charge in [-0.25, -0.2) is 0 Å². The second-order valence-electron chi connectivity index (χ2n) is 12.1. The molecule has 0 radical (unpaired) electrons. The van der Waals surface area contributed by atoms with Crippen molar-refractivity contribution in [1.29, 1.82) is 0 Å². The summed E-state index contributed by atoms with van der Waals surface area (Å²) in [5.74, 6) is -0.236. The molecule has 11 heteroatoms. The number of halogens is 7. The molecule has 3 aliphatic carbocycles. The Labute approximate surface area is 231 Å². The van der Waals surface area contributed by atoms with Crippen LogP contribution in [0, 0.1) is 34.5 Å². The van der Waals surface area contributed by atoms with Crippen LogP contribution in [-0.2, 0) is 21.9 Å².